The van der Waals surface area contributed by atoms with Crippen LogP contribution in [0.4, 0.5) is 13.2 Å². The normalized spacial score (nSPS) is 12.6. The van der Waals surface area contributed by atoms with E-state index in [4.69, 9.17) is 5.73 Å². The molecule has 4 heteroatoms. The van der Waals surface area contributed by atoms with Gasteiger partial charge in [0.1, 0.15) is 0 Å². The number of halogens is 3. The fraction of sp³-hybridized carbons (Fsp3) is 0.600. The topological polar surface area (TPSA) is 26.0 Å². The first kappa shape index (κ1) is 18.0. The lowest BCUT2D eigenvalue weighted by molar-refractivity contribution is -0.137. The van der Waals surface area contributed by atoms with Crippen LogP contribution >= 0.6 is 0 Å². The highest BCUT2D eigenvalue weighted by molar-refractivity contribution is 5.31. The summed E-state index contributed by atoms with van der Waals surface area (Å²) in [5, 5.41) is 0. The smallest absolute Gasteiger partial charge is 0.328 e. The predicted molar refractivity (Wildman–Crippen MR) is 74.1 cm³/mol. The molecule has 0 heterocycles. The van der Waals surface area contributed by atoms with E-state index < -0.39 is 11.7 Å². The summed E-state index contributed by atoms with van der Waals surface area (Å²) in [7, 11) is 0. The van der Waals surface area contributed by atoms with Crippen LogP contribution in [0.25, 0.3) is 0 Å². The van der Waals surface area contributed by atoms with Crippen molar-refractivity contribution in [3.8, 4) is 0 Å². The largest absolute Gasteiger partial charge is 0.416 e. The molecule has 1 rings (SSSR count). The third kappa shape index (κ3) is 7.21. The quantitative estimate of drug-likeness (QED) is 0.846. The number of hydrogen-bond donors (Lipinski definition) is 1. The monoisotopic (exact) mass is 275 g/mol. The standard InChI is InChI=1S/C13H18F3N.C2H6/c1-9-6-11(5-3-4-10(2)17)8-12(7-9)13(14,15)16;1-2/h6-8,10H,3-5,17H2,1-2H3;1-2H3. The third-order valence-corrected chi connectivity index (χ3v) is 2.59. The van der Waals surface area contributed by atoms with Crippen LogP contribution in [0.15, 0.2) is 18.2 Å². The van der Waals surface area contributed by atoms with Crippen LogP contribution in [0.5, 0.6) is 0 Å². The molecule has 0 aliphatic heterocycles. The van der Waals surface area contributed by atoms with Crippen LogP contribution in [0, 0.1) is 6.92 Å². The van der Waals surface area contributed by atoms with E-state index in [0.717, 1.165) is 18.4 Å². The van der Waals surface area contributed by atoms with Gasteiger partial charge in [-0.3, -0.25) is 0 Å². The average Bonchev–Trinajstić information content (AvgIpc) is 2.29. The van der Waals surface area contributed by atoms with Gasteiger partial charge in [0.15, 0.2) is 0 Å². The number of nitrogens with two attached hydrogens (primary N) is 1. The molecule has 0 bridgehead atoms. The zero-order chi connectivity index (χ0) is 15.1. The zero-order valence-electron chi connectivity index (χ0n) is 12.1. The molecule has 1 atom stereocenters. The molecule has 1 aromatic carbocycles. The molecule has 0 fully saturated rings. The molecule has 0 radical (unpaired) electrons. The molecule has 0 saturated carbocycles. The maximum Gasteiger partial charge on any atom is 0.416 e. The van der Waals surface area contributed by atoms with E-state index in [1.807, 2.05) is 20.8 Å². The summed E-state index contributed by atoms with van der Waals surface area (Å²) >= 11 is 0. The average molecular weight is 275 g/mol. The summed E-state index contributed by atoms with van der Waals surface area (Å²) in [4.78, 5) is 0. The summed E-state index contributed by atoms with van der Waals surface area (Å²) in [6, 6.07) is 4.31. The number of alkyl halides is 3. The van der Waals surface area contributed by atoms with Gasteiger partial charge in [-0.2, -0.15) is 13.2 Å². The van der Waals surface area contributed by atoms with E-state index >= 15 is 0 Å². The molecule has 0 aliphatic carbocycles. The Morgan fingerprint density at radius 1 is 1.16 bits per heavy atom. The maximum absolute atomic E-state index is 12.6. The van der Waals surface area contributed by atoms with E-state index in [-0.39, 0.29) is 6.04 Å². The highest BCUT2D eigenvalue weighted by Gasteiger charge is 2.30. The third-order valence-electron chi connectivity index (χ3n) is 2.59. The molecule has 0 aliphatic rings. The lowest BCUT2D eigenvalue weighted by Gasteiger charge is -2.11. The van der Waals surface area contributed by atoms with Crippen LogP contribution in [0.1, 0.15) is 50.3 Å². The minimum atomic E-state index is -4.26. The van der Waals surface area contributed by atoms with Crippen molar-refractivity contribution in [1.29, 1.82) is 0 Å². The van der Waals surface area contributed by atoms with Crippen molar-refractivity contribution in [3.05, 3.63) is 34.9 Å². The molecule has 19 heavy (non-hydrogen) atoms. The molecule has 0 spiro atoms. The molecule has 0 saturated heterocycles. The predicted octanol–water partition coefficient (Wildman–Crippen LogP) is 4.71. The highest BCUT2D eigenvalue weighted by atomic mass is 19.4. The van der Waals surface area contributed by atoms with Crippen molar-refractivity contribution in [2.24, 2.45) is 5.73 Å². The van der Waals surface area contributed by atoms with Crippen LogP contribution in [-0.4, -0.2) is 6.04 Å². The molecule has 1 unspecified atom stereocenters. The van der Waals surface area contributed by atoms with Crippen molar-refractivity contribution in [3.63, 3.8) is 0 Å². The van der Waals surface area contributed by atoms with Crippen LogP contribution in [0.2, 0.25) is 0 Å². The first-order valence-electron chi connectivity index (χ1n) is 6.72. The Balaban J connectivity index is 0.00000154. The number of aryl methyl sites for hydroxylation is 2. The Labute approximate surface area is 114 Å². The van der Waals surface area contributed by atoms with E-state index in [9.17, 15) is 13.2 Å². The SMILES string of the molecule is CC.Cc1cc(CCCC(C)N)cc(C(F)(F)F)c1. The molecule has 0 amide bonds. The second-order valence-corrected chi connectivity index (χ2v) is 4.57. The van der Waals surface area contributed by atoms with Gasteiger partial charge in [-0.05, 0) is 50.8 Å². The van der Waals surface area contributed by atoms with Gasteiger partial charge in [-0.15, -0.1) is 0 Å². The second kappa shape index (κ2) is 8.20. The van der Waals surface area contributed by atoms with Crippen molar-refractivity contribution in [2.45, 2.75) is 59.2 Å². The first-order valence-corrected chi connectivity index (χ1v) is 6.72. The Hall–Kier alpha value is -1.03. The summed E-state index contributed by atoms with van der Waals surface area (Å²) in [6.45, 7) is 7.59. The molecule has 2 N–H and O–H groups in total. The summed E-state index contributed by atoms with van der Waals surface area (Å²) in [6.07, 6.45) is -1.97. The lowest BCUT2D eigenvalue weighted by Crippen LogP contribution is -2.14. The van der Waals surface area contributed by atoms with E-state index in [1.54, 1.807) is 13.0 Å². The van der Waals surface area contributed by atoms with Crippen molar-refractivity contribution < 1.29 is 13.2 Å². The summed E-state index contributed by atoms with van der Waals surface area (Å²) in [5.74, 6) is 0. The van der Waals surface area contributed by atoms with Gasteiger partial charge in [0.05, 0.1) is 5.56 Å². The van der Waals surface area contributed by atoms with Gasteiger partial charge in [0.2, 0.25) is 0 Å². The van der Waals surface area contributed by atoms with Gasteiger partial charge < -0.3 is 5.73 Å². The van der Waals surface area contributed by atoms with Gasteiger partial charge >= 0.3 is 6.18 Å². The van der Waals surface area contributed by atoms with Gasteiger partial charge in [0.25, 0.3) is 0 Å². The molecular weight excluding hydrogens is 251 g/mol. The first-order chi connectivity index (χ1) is 8.79. The number of benzene rings is 1. The fourth-order valence-electron chi connectivity index (χ4n) is 1.80. The Morgan fingerprint density at radius 2 is 1.74 bits per heavy atom. The summed E-state index contributed by atoms with van der Waals surface area (Å²) in [5.41, 5.74) is 6.43. The molecule has 0 aromatic heterocycles. The van der Waals surface area contributed by atoms with Crippen molar-refractivity contribution in [1.82, 2.24) is 0 Å². The minimum Gasteiger partial charge on any atom is -0.328 e. The highest BCUT2D eigenvalue weighted by Crippen LogP contribution is 2.30. The van der Waals surface area contributed by atoms with Crippen LogP contribution in [-0.2, 0) is 12.6 Å². The minimum absolute atomic E-state index is 0.0990. The van der Waals surface area contributed by atoms with E-state index in [1.165, 1.54) is 12.1 Å². The van der Waals surface area contributed by atoms with E-state index in [2.05, 4.69) is 0 Å². The molecular formula is C15H24F3N. The van der Waals surface area contributed by atoms with Crippen molar-refractivity contribution in [2.75, 3.05) is 0 Å². The Bertz CT molecular complexity index is 370. The van der Waals surface area contributed by atoms with Gasteiger partial charge in [0, 0.05) is 6.04 Å². The fourth-order valence-corrected chi connectivity index (χ4v) is 1.80. The van der Waals surface area contributed by atoms with E-state index in [0.29, 0.717) is 12.0 Å². The van der Waals surface area contributed by atoms with Crippen LogP contribution < -0.4 is 5.73 Å². The Morgan fingerprint density at radius 3 is 2.21 bits per heavy atom. The summed E-state index contributed by atoms with van der Waals surface area (Å²) < 4.78 is 37.7. The zero-order valence-corrected chi connectivity index (χ0v) is 12.1. The van der Waals surface area contributed by atoms with Gasteiger partial charge in [-0.25, -0.2) is 0 Å². The number of hydrogen-bond acceptors (Lipinski definition) is 1. The maximum atomic E-state index is 12.6. The second-order valence-electron chi connectivity index (χ2n) is 4.57. The van der Waals surface area contributed by atoms with Crippen molar-refractivity contribution >= 4 is 0 Å². The molecule has 110 valence electrons. The number of rotatable bonds is 4. The molecule has 1 nitrogen and oxygen atoms in total. The molecule has 1 aromatic rings. The van der Waals surface area contributed by atoms with Crippen LogP contribution in [0.3, 0.4) is 0 Å². The van der Waals surface area contributed by atoms with Gasteiger partial charge in [-0.1, -0.05) is 25.5 Å². The Kier molecular flexibility index (Phi) is 7.76. The lowest BCUT2D eigenvalue weighted by atomic mass is 10.0.